The molecule has 158 valence electrons. The number of rotatable bonds is 7. The van der Waals surface area contributed by atoms with Gasteiger partial charge in [-0.2, -0.15) is 31.1 Å². The number of aromatic nitrogens is 2. The van der Waals surface area contributed by atoms with E-state index in [1.54, 1.807) is 0 Å². The van der Waals surface area contributed by atoms with Gasteiger partial charge in [0.1, 0.15) is 12.4 Å². The van der Waals surface area contributed by atoms with Crippen LogP contribution in [0.5, 0.6) is 5.75 Å². The third kappa shape index (κ3) is 4.76. The quantitative estimate of drug-likeness (QED) is 0.377. The van der Waals surface area contributed by atoms with Crippen molar-refractivity contribution in [2.45, 2.75) is 26.2 Å². The fourth-order valence-electron chi connectivity index (χ4n) is 2.05. The molecule has 0 aliphatic heterocycles. The molecule has 0 unspecified atom stereocenters. The lowest BCUT2D eigenvalue weighted by Gasteiger charge is -2.11. The SMILES string of the molecule is C.COCCn1cc(-c2ccc(OS(=O)(=O)C(F)(F)F)c(F)c2F)c(CF)n1. The lowest BCUT2D eigenvalue weighted by molar-refractivity contribution is -0.0501. The highest BCUT2D eigenvalue weighted by Gasteiger charge is 2.49. The molecule has 0 aliphatic rings. The number of methoxy groups -OCH3 is 1. The van der Waals surface area contributed by atoms with Crippen LogP contribution in [0.1, 0.15) is 13.1 Å². The molecule has 0 N–H and O–H groups in total. The lowest BCUT2D eigenvalue weighted by atomic mass is 10.1. The van der Waals surface area contributed by atoms with Crippen LogP contribution in [-0.2, 0) is 28.1 Å². The molecule has 28 heavy (non-hydrogen) atoms. The smallest absolute Gasteiger partial charge is 0.383 e. The molecular weight excluding hydrogens is 418 g/mol. The molecule has 1 aromatic heterocycles. The Bertz CT molecular complexity index is 927. The summed E-state index contributed by atoms with van der Waals surface area (Å²) in [5, 5.41) is 3.82. The topological polar surface area (TPSA) is 70.4 Å². The van der Waals surface area contributed by atoms with E-state index in [4.69, 9.17) is 4.74 Å². The van der Waals surface area contributed by atoms with Crippen LogP contribution in [0.25, 0.3) is 11.1 Å². The number of nitrogens with zero attached hydrogens (tertiary/aromatic N) is 2. The van der Waals surface area contributed by atoms with Crippen molar-refractivity contribution in [3.8, 4) is 16.9 Å². The molecule has 0 saturated carbocycles. The van der Waals surface area contributed by atoms with Crippen molar-refractivity contribution in [2.24, 2.45) is 0 Å². The van der Waals surface area contributed by atoms with Gasteiger partial charge in [0.2, 0.25) is 5.82 Å². The van der Waals surface area contributed by atoms with Crippen molar-refractivity contribution in [3.63, 3.8) is 0 Å². The largest absolute Gasteiger partial charge is 0.534 e. The Balaban J connectivity index is 0.00000392. The van der Waals surface area contributed by atoms with Crippen molar-refractivity contribution in [1.82, 2.24) is 9.78 Å². The summed E-state index contributed by atoms with van der Waals surface area (Å²) in [5.74, 6) is -5.18. The van der Waals surface area contributed by atoms with Gasteiger partial charge in [-0.3, -0.25) is 4.68 Å². The van der Waals surface area contributed by atoms with Gasteiger partial charge in [-0.25, -0.2) is 8.78 Å². The number of hydrogen-bond donors (Lipinski definition) is 0. The van der Waals surface area contributed by atoms with Gasteiger partial charge in [-0.05, 0) is 12.1 Å². The average Bonchev–Trinajstić information content (AvgIpc) is 2.99. The van der Waals surface area contributed by atoms with E-state index in [0.717, 1.165) is 6.07 Å². The second kappa shape index (κ2) is 8.82. The van der Waals surface area contributed by atoms with E-state index in [-0.39, 0.29) is 31.8 Å². The molecule has 13 heteroatoms. The molecule has 0 amide bonds. The number of ether oxygens (including phenoxy) is 1. The number of alkyl halides is 4. The summed E-state index contributed by atoms with van der Waals surface area (Å²) in [6.07, 6.45) is 1.19. The van der Waals surface area contributed by atoms with Gasteiger partial charge in [-0.15, -0.1) is 0 Å². The van der Waals surface area contributed by atoms with Crippen molar-refractivity contribution in [3.05, 3.63) is 35.7 Å². The van der Waals surface area contributed by atoms with Gasteiger partial charge in [-0.1, -0.05) is 7.43 Å². The highest BCUT2D eigenvalue weighted by Crippen LogP contribution is 2.34. The lowest BCUT2D eigenvalue weighted by Crippen LogP contribution is -2.28. The Kier molecular flexibility index (Phi) is 7.48. The second-order valence-electron chi connectivity index (χ2n) is 5.10. The second-order valence-corrected chi connectivity index (χ2v) is 6.64. The zero-order valence-electron chi connectivity index (χ0n) is 13.6. The van der Waals surface area contributed by atoms with E-state index in [1.807, 2.05) is 0 Å². The Morgan fingerprint density at radius 1 is 1.14 bits per heavy atom. The highest BCUT2D eigenvalue weighted by atomic mass is 32.2. The first-order chi connectivity index (χ1) is 12.5. The van der Waals surface area contributed by atoms with Crippen molar-refractivity contribution in [2.75, 3.05) is 13.7 Å². The Hall–Kier alpha value is -2.28. The molecule has 2 rings (SSSR count). The summed E-state index contributed by atoms with van der Waals surface area (Å²) in [6.45, 7) is -0.749. The number of halogens is 6. The van der Waals surface area contributed by atoms with Crippen LogP contribution in [0.3, 0.4) is 0 Å². The van der Waals surface area contributed by atoms with E-state index >= 15 is 0 Å². The molecule has 0 fully saturated rings. The Morgan fingerprint density at radius 3 is 2.32 bits per heavy atom. The number of benzene rings is 1. The molecule has 2 aromatic rings. The van der Waals surface area contributed by atoms with Crippen molar-refractivity contribution >= 4 is 10.1 Å². The first kappa shape index (κ1) is 23.8. The van der Waals surface area contributed by atoms with Gasteiger partial charge in [0.15, 0.2) is 11.6 Å². The molecule has 0 radical (unpaired) electrons. The van der Waals surface area contributed by atoms with Crippen LogP contribution >= 0.6 is 0 Å². The predicted molar refractivity (Wildman–Crippen MR) is 86.6 cm³/mol. The van der Waals surface area contributed by atoms with E-state index < -0.39 is 45.2 Å². The fraction of sp³-hybridized carbons (Fsp3) is 0.400. The standard InChI is InChI=1S/C14H12F6N2O4S.CH4/c1-25-5-4-22-7-9(10(6-15)21-22)8-2-3-11(13(17)12(8)16)26-27(23,24)14(18,19)20;/h2-3,7H,4-6H2,1H3;1H4. The fourth-order valence-corrected chi connectivity index (χ4v) is 2.51. The van der Waals surface area contributed by atoms with E-state index in [1.165, 1.54) is 18.0 Å². The molecule has 0 saturated heterocycles. The van der Waals surface area contributed by atoms with Crippen LogP contribution < -0.4 is 4.18 Å². The first-order valence-electron chi connectivity index (χ1n) is 7.12. The average molecular weight is 434 g/mol. The summed E-state index contributed by atoms with van der Waals surface area (Å²) in [6, 6.07) is 1.25. The molecule has 0 bridgehead atoms. The summed E-state index contributed by atoms with van der Waals surface area (Å²) in [4.78, 5) is 0. The van der Waals surface area contributed by atoms with Crippen LogP contribution in [-0.4, -0.2) is 37.4 Å². The van der Waals surface area contributed by atoms with Crippen LogP contribution in [0.2, 0.25) is 0 Å². The van der Waals surface area contributed by atoms with Crippen LogP contribution in [0, 0.1) is 11.6 Å². The molecule has 0 atom stereocenters. The predicted octanol–water partition coefficient (Wildman–Crippen LogP) is 3.81. The maximum absolute atomic E-state index is 14.3. The summed E-state index contributed by atoms with van der Waals surface area (Å²) >= 11 is 0. The van der Waals surface area contributed by atoms with Crippen LogP contribution in [0.4, 0.5) is 26.3 Å². The number of hydrogen-bond acceptors (Lipinski definition) is 5. The summed E-state index contributed by atoms with van der Waals surface area (Å²) in [7, 11) is -4.78. The molecular formula is C15H16F6N2O4S. The summed E-state index contributed by atoms with van der Waals surface area (Å²) < 4.78 is 110. The van der Waals surface area contributed by atoms with Crippen molar-refractivity contribution in [1.29, 1.82) is 0 Å². The van der Waals surface area contributed by atoms with Gasteiger partial charge in [0, 0.05) is 24.4 Å². The monoisotopic (exact) mass is 434 g/mol. The van der Waals surface area contributed by atoms with E-state index in [9.17, 15) is 34.8 Å². The zero-order valence-corrected chi connectivity index (χ0v) is 14.4. The minimum absolute atomic E-state index is 0. The minimum atomic E-state index is -6.18. The normalized spacial score (nSPS) is 12.0. The van der Waals surface area contributed by atoms with Crippen molar-refractivity contribution < 1.29 is 43.7 Å². The van der Waals surface area contributed by atoms with Crippen LogP contribution in [0.15, 0.2) is 18.3 Å². The molecule has 0 spiro atoms. The Labute approximate surface area is 156 Å². The van der Waals surface area contributed by atoms with E-state index in [0.29, 0.717) is 6.07 Å². The van der Waals surface area contributed by atoms with E-state index in [2.05, 4.69) is 9.28 Å². The third-order valence-corrected chi connectivity index (χ3v) is 4.28. The Morgan fingerprint density at radius 2 is 1.79 bits per heavy atom. The van der Waals surface area contributed by atoms with Gasteiger partial charge >= 0.3 is 15.6 Å². The third-order valence-electron chi connectivity index (χ3n) is 3.31. The maximum Gasteiger partial charge on any atom is 0.534 e. The molecule has 1 aromatic carbocycles. The highest BCUT2D eigenvalue weighted by molar-refractivity contribution is 7.88. The maximum atomic E-state index is 14.3. The van der Waals surface area contributed by atoms with Gasteiger partial charge in [0.25, 0.3) is 0 Å². The summed E-state index contributed by atoms with van der Waals surface area (Å²) in [5.41, 5.74) is -6.75. The minimum Gasteiger partial charge on any atom is -0.383 e. The molecule has 6 nitrogen and oxygen atoms in total. The first-order valence-corrected chi connectivity index (χ1v) is 8.53. The zero-order chi connectivity index (χ0) is 20.4. The molecule has 0 aliphatic carbocycles. The van der Waals surface area contributed by atoms with Gasteiger partial charge in [0.05, 0.1) is 13.2 Å². The van der Waals surface area contributed by atoms with Gasteiger partial charge < -0.3 is 8.92 Å². The molecule has 1 heterocycles.